The number of carbonyl (C=O) groups is 2. The van der Waals surface area contributed by atoms with E-state index in [9.17, 15) is 32.7 Å². The fourth-order valence-electron chi connectivity index (χ4n) is 2.66. The van der Waals surface area contributed by atoms with Crippen molar-refractivity contribution < 1.29 is 27.9 Å². The Morgan fingerprint density at radius 3 is 2.29 bits per heavy atom. The Labute approximate surface area is 155 Å². The van der Waals surface area contributed by atoms with Crippen molar-refractivity contribution in [3.8, 4) is 0 Å². The summed E-state index contributed by atoms with van der Waals surface area (Å²) in [6.45, 7) is -0.782. The van der Waals surface area contributed by atoms with E-state index < -0.39 is 47.1 Å². The first-order valence-electron chi connectivity index (χ1n) is 7.86. The Morgan fingerprint density at radius 2 is 1.64 bits per heavy atom. The number of nitrogens with one attached hydrogen (secondary N) is 1. The van der Waals surface area contributed by atoms with Gasteiger partial charge in [0.15, 0.2) is 0 Å². The normalized spacial score (nSPS) is 11.4. The molecule has 0 bridgehead atoms. The molecule has 28 heavy (non-hydrogen) atoms. The second-order valence-electron chi connectivity index (χ2n) is 5.74. The maximum atomic E-state index is 13.0. The summed E-state index contributed by atoms with van der Waals surface area (Å²) in [4.78, 5) is 35.9. The van der Waals surface area contributed by atoms with E-state index in [1.807, 2.05) is 0 Å². The van der Waals surface area contributed by atoms with Gasteiger partial charge >= 0.3 is 6.18 Å². The number of aromatic carboxylic acids is 1. The maximum Gasteiger partial charge on any atom is 0.418 e. The third kappa shape index (κ3) is 3.70. The summed E-state index contributed by atoms with van der Waals surface area (Å²) in [5, 5.41) is 17.0. The molecule has 0 atom stereocenters. The molecule has 144 valence electrons. The molecule has 0 aliphatic heterocycles. The molecule has 3 aromatic rings. The van der Waals surface area contributed by atoms with E-state index in [2.05, 4.69) is 10.4 Å². The van der Waals surface area contributed by atoms with Crippen molar-refractivity contribution in [3.05, 3.63) is 70.1 Å². The molecule has 1 aromatic heterocycles. The Morgan fingerprint density at radius 1 is 1.04 bits per heavy atom. The van der Waals surface area contributed by atoms with Crippen molar-refractivity contribution in [2.75, 3.05) is 5.32 Å². The first-order chi connectivity index (χ1) is 13.2. The topological polar surface area (TPSA) is 104 Å². The highest BCUT2D eigenvalue weighted by Crippen LogP contribution is 2.34. The molecule has 1 amide bonds. The number of halogens is 3. The van der Waals surface area contributed by atoms with Crippen LogP contribution in [-0.2, 0) is 17.5 Å². The largest absolute Gasteiger partial charge is 0.543 e. The van der Waals surface area contributed by atoms with Crippen molar-refractivity contribution in [2.45, 2.75) is 12.7 Å². The van der Waals surface area contributed by atoms with Crippen molar-refractivity contribution >= 4 is 28.3 Å². The predicted octanol–water partition coefficient (Wildman–Crippen LogP) is 1.42. The summed E-state index contributed by atoms with van der Waals surface area (Å²) in [6, 6.07) is 10.0. The lowest BCUT2D eigenvalue weighted by Gasteiger charge is -2.14. The van der Waals surface area contributed by atoms with E-state index >= 15 is 0 Å². The minimum absolute atomic E-state index is 0.0137. The number of anilines is 1. The molecule has 0 fully saturated rings. The van der Waals surface area contributed by atoms with Gasteiger partial charge in [0.05, 0.1) is 22.6 Å². The minimum Gasteiger partial charge on any atom is -0.543 e. The zero-order chi connectivity index (χ0) is 20.5. The van der Waals surface area contributed by atoms with E-state index in [-0.39, 0.29) is 10.8 Å². The zero-order valence-electron chi connectivity index (χ0n) is 14.0. The summed E-state index contributed by atoms with van der Waals surface area (Å²) in [5.74, 6) is -2.64. The highest BCUT2D eigenvalue weighted by molar-refractivity contribution is 6.00. The monoisotopic (exact) mass is 390 g/mol. The van der Waals surface area contributed by atoms with Gasteiger partial charge in [-0.15, -0.1) is 0 Å². The maximum absolute atomic E-state index is 13.0. The molecule has 7 nitrogen and oxygen atoms in total. The Kier molecular flexibility index (Phi) is 4.87. The van der Waals surface area contributed by atoms with E-state index in [4.69, 9.17) is 0 Å². The molecule has 1 heterocycles. The number of rotatable bonds is 4. The fourth-order valence-corrected chi connectivity index (χ4v) is 2.66. The molecule has 1 N–H and O–H groups in total. The lowest BCUT2D eigenvalue weighted by molar-refractivity contribution is -0.255. The molecule has 0 unspecified atom stereocenters. The minimum atomic E-state index is -4.69. The van der Waals surface area contributed by atoms with Crippen LogP contribution in [0.4, 0.5) is 18.9 Å². The second kappa shape index (κ2) is 7.14. The molecule has 10 heteroatoms. The van der Waals surface area contributed by atoms with E-state index in [0.717, 1.165) is 12.1 Å². The van der Waals surface area contributed by atoms with Crippen LogP contribution in [0.25, 0.3) is 10.8 Å². The number of amides is 1. The van der Waals surface area contributed by atoms with Gasteiger partial charge in [-0.25, -0.2) is 4.68 Å². The highest BCUT2D eigenvalue weighted by atomic mass is 19.4. The summed E-state index contributed by atoms with van der Waals surface area (Å²) >= 11 is 0. The Bertz CT molecular complexity index is 1140. The smallest absolute Gasteiger partial charge is 0.418 e. The molecule has 3 rings (SSSR count). The molecular weight excluding hydrogens is 379 g/mol. The van der Waals surface area contributed by atoms with Crippen LogP contribution in [0, 0.1) is 0 Å². The van der Waals surface area contributed by atoms with Crippen LogP contribution >= 0.6 is 0 Å². The summed E-state index contributed by atoms with van der Waals surface area (Å²) in [7, 11) is 0. The molecule has 0 saturated heterocycles. The summed E-state index contributed by atoms with van der Waals surface area (Å²) < 4.78 is 39.6. The first-order valence-corrected chi connectivity index (χ1v) is 7.86. The number of carbonyl (C=O) groups excluding carboxylic acids is 2. The lowest BCUT2D eigenvalue weighted by atomic mass is 10.1. The number of para-hydroxylation sites is 1. The van der Waals surface area contributed by atoms with Crippen LogP contribution in [-0.4, -0.2) is 21.7 Å². The van der Waals surface area contributed by atoms with Crippen LogP contribution in [0.1, 0.15) is 16.1 Å². The van der Waals surface area contributed by atoms with Crippen LogP contribution in [0.3, 0.4) is 0 Å². The van der Waals surface area contributed by atoms with Crippen LogP contribution < -0.4 is 16.0 Å². The van der Waals surface area contributed by atoms with Gasteiger partial charge in [0, 0.05) is 5.39 Å². The van der Waals surface area contributed by atoms with Gasteiger partial charge in [0.2, 0.25) is 5.91 Å². The molecule has 2 aromatic carbocycles. The number of carboxylic acids is 1. The molecule has 0 aliphatic carbocycles. The Hall–Kier alpha value is -3.69. The molecular formula is C18H11F3N3O4-. The van der Waals surface area contributed by atoms with Gasteiger partial charge in [-0.3, -0.25) is 9.59 Å². The molecule has 0 spiro atoms. The predicted molar refractivity (Wildman–Crippen MR) is 90.4 cm³/mol. The average Bonchev–Trinajstić information content (AvgIpc) is 2.63. The first kappa shape index (κ1) is 19.1. The standard InChI is InChI=1S/C18H12F3N3O4/c19-18(20,21)12-7-3-4-8-13(12)22-14(25)9-24-16(26)11-6-2-1-5-10(11)15(23-24)17(27)28/h1-8H,9H2,(H,22,25)(H,27,28)/p-1. The molecule has 0 saturated carbocycles. The van der Waals surface area contributed by atoms with Crippen LogP contribution in [0.5, 0.6) is 0 Å². The summed E-state index contributed by atoms with van der Waals surface area (Å²) in [5.41, 5.74) is -2.87. The number of fused-ring (bicyclic) bond motifs is 1. The molecule has 0 aliphatic rings. The number of hydrogen-bond donors (Lipinski definition) is 1. The summed E-state index contributed by atoms with van der Waals surface area (Å²) in [6.07, 6.45) is -4.69. The van der Waals surface area contributed by atoms with Crippen LogP contribution in [0.2, 0.25) is 0 Å². The zero-order valence-corrected chi connectivity index (χ0v) is 14.0. The van der Waals surface area contributed by atoms with Gasteiger partial charge in [0.1, 0.15) is 12.2 Å². The third-order valence-corrected chi connectivity index (χ3v) is 3.86. The van der Waals surface area contributed by atoms with Crippen LogP contribution in [0.15, 0.2) is 53.3 Å². The highest BCUT2D eigenvalue weighted by Gasteiger charge is 2.33. The van der Waals surface area contributed by atoms with E-state index in [1.165, 1.54) is 36.4 Å². The van der Waals surface area contributed by atoms with Crippen molar-refractivity contribution in [2.24, 2.45) is 0 Å². The van der Waals surface area contributed by atoms with Crippen molar-refractivity contribution in [1.82, 2.24) is 9.78 Å². The number of hydrogen-bond acceptors (Lipinski definition) is 5. The second-order valence-corrected chi connectivity index (χ2v) is 5.74. The number of benzene rings is 2. The van der Waals surface area contributed by atoms with Gasteiger partial charge in [-0.2, -0.15) is 18.3 Å². The number of carboxylic acid groups (broad SMARTS) is 1. The third-order valence-electron chi connectivity index (χ3n) is 3.86. The quantitative estimate of drug-likeness (QED) is 0.726. The lowest BCUT2D eigenvalue weighted by Crippen LogP contribution is -2.34. The van der Waals surface area contributed by atoms with Gasteiger partial charge < -0.3 is 15.2 Å². The average molecular weight is 390 g/mol. The van der Waals surface area contributed by atoms with Gasteiger partial charge in [-0.05, 0) is 18.2 Å². The van der Waals surface area contributed by atoms with E-state index in [0.29, 0.717) is 4.68 Å². The number of nitrogens with zero attached hydrogens (tertiary/aromatic N) is 2. The van der Waals surface area contributed by atoms with Gasteiger partial charge in [-0.1, -0.05) is 30.3 Å². The number of alkyl halides is 3. The van der Waals surface area contributed by atoms with E-state index in [1.54, 1.807) is 0 Å². The SMILES string of the molecule is O=C(Cn1nc(C(=O)[O-])c2ccccc2c1=O)Nc1ccccc1C(F)(F)F. The van der Waals surface area contributed by atoms with Crippen molar-refractivity contribution in [3.63, 3.8) is 0 Å². The molecule has 0 radical (unpaired) electrons. The number of aromatic nitrogens is 2. The van der Waals surface area contributed by atoms with Gasteiger partial charge in [0.25, 0.3) is 5.56 Å². The Balaban J connectivity index is 1.96. The van der Waals surface area contributed by atoms with Crippen molar-refractivity contribution in [1.29, 1.82) is 0 Å². The fraction of sp³-hybridized carbons (Fsp3) is 0.111.